The molecule has 0 saturated heterocycles. The Labute approximate surface area is 113 Å². The first-order valence-electron chi connectivity index (χ1n) is 5.94. The van der Waals surface area contributed by atoms with Gasteiger partial charge in [-0.3, -0.25) is 4.79 Å². The number of nitrogens with one attached hydrogen (secondary N) is 1. The van der Waals surface area contributed by atoms with E-state index in [4.69, 9.17) is 11.6 Å². The zero-order valence-corrected chi connectivity index (χ0v) is 11.6. The number of amides is 1. The van der Waals surface area contributed by atoms with Crippen LogP contribution in [0.2, 0.25) is 5.02 Å². The van der Waals surface area contributed by atoms with Crippen molar-refractivity contribution in [3.63, 3.8) is 0 Å². The second kappa shape index (κ2) is 7.07. The third kappa shape index (κ3) is 4.80. The molecule has 0 heterocycles. The minimum Gasteiger partial charge on any atom is -0.376 e. The van der Waals surface area contributed by atoms with Gasteiger partial charge in [0.1, 0.15) is 0 Å². The number of anilines is 1. The van der Waals surface area contributed by atoms with Crippen LogP contribution in [0.4, 0.5) is 5.69 Å². The molecule has 18 heavy (non-hydrogen) atoms. The average molecular weight is 267 g/mol. The van der Waals surface area contributed by atoms with E-state index in [0.29, 0.717) is 18.1 Å². The van der Waals surface area contributed by atoms with Crippen LogP contribution in [0.3, 0.4) is 0 Å². The van der Waals surface area contributed by atoms with Gasteiger partial charge in [-0.05, 0) is 32.0 Å². The summed E-state index contributed by atoms with van der Waals surface area (Å²) < 4.78 is 0. The smallest absolute Gasteiger partial charge is 0.242 e. The van der Waals surface area contributed by atoms with E-state index in [9.17, 15) is 4.79 Å². The Morgan fingerprint density at radius 3 is 2.78 bits per heavy atom. The SMILES string of the molecule is C=C(C)CN(CC)C(=O)CNc1cccc(Cl)c1. The van der Waals surface area contributed by atoms with Crippen molar-refractivity contribution >= 4 is 23.2 Å². The van der Waals surface area contributed by atoms with Gasteiger partial charge in [0.25, 0.3) is 0 Å². The highest BCUT2D eigenvalue weighted by Crippen LogP contribution is 2.14. The standard InChI is InChI=1S/C14H19ClN2O/c1-4-17(10-11(2)3)14(18)9-16-13-7-5-6-12(15)8-13/h5-8,16H,2,4,9-10H2,1,3H3. The van der Waals surface area contributed by atoms with Gasteiger partial charge in [0.15, 0.2) is 0 Å². The molecule has 0 radical (unpaired) electrons. The molecule has 0 bridgehead atoms. The number of carbonyl (C=O) groups is 1. The molecule has 0 aliphatic rings. The summed E-state index contributed by atoms with van der Waals surface area (Å²) in [7, 11) is 0. The van der Waals surface area contributed by atoms with Crippen molar-refractivity contribution in [2.75, 3.05) is 25.0 Å². The van der Waals surface area contributed by atoms with Crippen molar-refractivity contribution < 1.29 is 4.79 Å². The molecule has 1 amide bonds. The number of likely N-dealkylation sites (N-methyl/N-ethyl adjacent to an activating group) is 1. The lowest BCUT2D eigenvalue weighted by Gasteiger charge is -2.21. The maximum atomic E-state index is 12.0. The third-order valence-electron chi connectivity index (χ3n) is 2.46. The van der Waals surface area contributed by atoms with Crippen molar-refractivity contribution in [2.45, 2.75) is 13.8 Å². The summed E-state index contributed by atoms with van der Waals surface area (Å²) in [5.41, 5.74) is 1.83. The zero-order chi connectivity index (χ0) is 13.5. The summed E-state index contributed by atoms with van der Waals surface area (Å²) in [6.45, 7) is 9.25. The van der Waals surface area contributed by atoms with Crippen molar-refractivity contribution in [3.8, 4) is 0 Å². The minimum absolute atomic E-state index is 0.0560. The molecule has 0 aromatic heterocycles. The van der Waals surface area contributed by atoms with Gasteiger partial charge in [-0.25, -0.2) is 0 Å². The largest absolute Gasteiger partial charge is 0.376 e. The van der Waals surface area contributed by atoms with Crippen LogP contribution in [-0.2, 0) is 4.79 Å². The monoisotopic (exact) mass is 266 g/mol. The van der Waals surface area contributed by atoms with Gasteiger partial charge in [-0.15, -0.1) is 0 Å². The number of hydrogen-bond acceptors (Lipinski definition) is 2. The normalized spacial score (nSPS) is 9.94. The lowest BCUT2D eigenvalue weighted by Crippen LogP contribution is -2.36. The van der Waals surface area contributed by atoms with Crippen LogP contribution >= 0.6 is 11.6 Å². The molecule has 4 heteroatoms. The number of carbonyl (C=O) groups excluding carboxylic acids is 1. The van der Waals surface area contributed by atoms with E-state index in [-0.39, 0.29) is 12.5 Å². The fourth-order valence-corrected chi connectivity index (χ4v) is 1.78. The summed E-state index contributed by atoms with van der Waals surface area (Å²) in [5, 5.41) is 3.72. The Morgan fingerprint density at radius 2 is 2.22 bits per heavy atom. The van der Waals surface area contributed by atoms with Crippen LogP contribution in [0.15, 0.2) is 36.4 Å². The van der Waals surface area contributed by atoms with E-state index in [0.717, 1.165) is 11.3 Å². The summed E-state index contributed by atoms with van der Waals surface area (Å²) in [6, 6.07) is 7.33. The molecule has 0 atom stereocenters. The Morgan fingerprint density at radius 1 is 1.50 bits per heavy atom. The molecule has 1 N–H and O–H groups in total. The number of halogens is 1. The number of rotatable bonds is 6. The second-order valence-corrected chi connectivity index (χ2v) is 4.67. The number of nitrogens with zero attached hydrogens (tertiary/aromatic N) is 1. The van der Waals surface area contributed by atoms with Crippen LogP contribution in [-0.4, -0.2) is 30.4 Å². The molecule has 0 unspecified atom stereocenters. The third-order valence-corrected chi connectivity index (χ3v) is 2.70. The molecule has 0 aliphatic heterocycles. The lowest BCUT2D eigenvalue weighted by molar-refractivity contribution is -0.128. The fraction of sp³-hybridized carbons (Fsp3) is 0.357. The van der Waals surface area contributed by atoms with Crippen molar-refractivity contribution in [2.24, 2.45) is 0 Å². The Kier molecular flexibility index (Phi) is 5.72. The Balaban J connectivity index is 2.51. The molecule has 0 fully saturated rings. The molecule has 0 saturated carbocycles. The van der Waals surface area contributed by atoms with Gasteiger partial charge in [0, 0.05) is 23.8 Å². The second-order valence-electron chi connectivity index (χ2n) is 4.23. The Bertz CT molecular complexity index is 432. The van der Waals surface area contributed by atoms with Crippen molar-refractivity contribution in [1.29, 1.82) is 0 Å². The van der Waals surface area contributed by atoms with Gasteiger partial charge >= 0.3 is 0 Å². The topological polar surface area (TPSA) is 32.3 Å². The maximum absolute atomic E-state index is 12.0. The molecule has 1 aromatic rings. The number of benzene rings is 1. The van der Waals surface area contributed by atoms with E-state index in [2.05, 4.69) is 11.9 Å². The minimum atomic E-state index is 0.0560. The molecule has 0 spiro atoms. The molecule has 1 aromatic carbocycles. The Hall–Kier alpha value is -1.48. The van der Waals surface area contributed by atoms with Gasteiger partial charge in [-0.2, -0.15) is 0 Å². The van der Waals surface area contributed by atoms with Gasteiger partial charge in [-0.1, -0.05) is 29.8 Å². The van der Waals surface area contributed by atoms with Crippen LogP contribution in [0.25, 0.3) is 0 Å². The van der Waals surface area contributed by atoms with Crippen LogP contribution in [0, 0.1) is 0 Å². The van der Waals surface area contributed by atoms with Crippen LogP contribution in [0.5, 0.6) is 0 Å². The fourth-order valence-electron chi connectivity index (χ4n) is 1.59. The van der Waals surface area contributed by atoms with Gasteiger partial charge in [0.05, 0.1) is 6.54 Å². The van der Waals surface area contributed by atoms with Crippen LogP contribution < -0.4 is 5.32 Å². The lowest BCUT2D eigenvalue weighted by atomic mass is 10.3. The summed E-state index contributed by atoms with van der Waals surface area (Å²) in [5.74, 6) is 0.0560. The molecule has 98 valence electrons. The predicted octanol–water partition coefficient (Wildman–Crippen LogP) is 3.18. The van der Waals surface area contributed by atoms with E-state index < -0.39 is 0 Å². The first-order valence-corrected chi connectivity index (χ1v) is 6.32. The summed E-state index contributed by atoms with van der Waals surface area (Å²) in [6.07, 6.45) is 0. The van der Waals surface area contributed by atoms with Crippen molar-refractivity contribution in [3.05, 3.63) is 41.4 Å². The molecular formula is C14H19ClN2O. The summed E-state index contributed by atoms with van der Waals surface area (Å²) in [4.78, 5) is 13.7. The van der Waals surface area contributed by atoms with E-state index >= 15 is 0 Å². The van der Waals surface area contributed by atoms with Crippen LogP contribution in [0.1, 0.15) is 13.8 Å². The molecular weight excluding hydrogens is 248 g/mol. The molecule has 0 aliphatic carbocycles. The first kappa shape index (κ1) is 14.6. The molecule has 3 nitrogen and oxygen atoms in total. The van der Waals surface area contributed by atoms with E-state index in [1.807, 2.05) is 26.0 Å². The zero-order valence-electron chi connectivity index (χ0n) is 10.9. The quantitative estimate of drug-likeness (QED) is 0.802. The average Bonchev–Trinajstić information content (AvgIpc) is 2.33. The van der Waals surface area contributed by atoms with E-state index in [1.165, 1.54) is 0 Å². The van der Waals surface area contributed by atoms with Gasteiger partial charge < -0.3 is 10.2 Å². The highest BCUT2D eigenvalue weighted by Gasteiger charge is 2.10. The first-order chi connectivity index (χ1) is 8.52. The van der Waals surface area contributed by atoms with Crippen molar-refractivity contribution in [1.82, 2.24) is 4.90 Å². The van der Waals surface area contributed by atoms with Gasteiger partial charge in [0.2, 0.25) is 5.91 Å². The highest BCUT2D eigenvalue weighted by molar-refractivity contribution is 6.30. The highest BCUT2D eigenvalue weighted by atomic mass is 35.5. The predicted molar refractivity (Wildman–Crippen MR) is 77.0 cm³/mol. The summed E-state index contributed by atoms with van der Waals surface area (Å²) >= 11 is 5.87. The van der Waals surface area contributed by atoms with E-state index in [1.54, 1.807) is 17.0 Å². The molecule has 1 rings (SSSR count). The maximum Gasteiger partial charge on any atom is 0.242 e. The number of hydrogen-bond donors (Lipinski definition) is 1.